The Labute approximate surface area is 145 Å². The minimum atomic E-state index is 0.477. The molecule has 2 N–H and O–H groups in total. The molecule has 3 aliphatic rings. The SMILES string of the molecule is CC1CC(c2ncc3nc(-c4cc5ccccc5o4)cc-3[nH]2)CCN1. The van der Waals surface area contributed by atoms with Gasteiger partial charge in [-0.2, -0.15) is 0 Å². The molecule has 0 saturated carbocycles. The number of rotatable bonds is 2. The van der Waals surface area contributed by atoms with E-state index in [4.69, 9.17) is 4.42 Å². The van der Waals surface area contributed by atoms with Gasteiger partial charge < -0.3 is 14.7 Å². The second kappa shape index (κ2) is 5.70. The zero-order valence-electron chi connectivity index (χ0n) is 14.1. The normalized spacial score (nSPS) is 21.2. The number of fused-ring (bicyclic) bond motifs is 2. The van der Waals surface area contributed by atoms with Gasteiger partial charge in [-0.15, -0.1) is 0 Å². The molecule has 0 amide bonds. The van der Waals surface area contributed by atoms with Crippen LogP contribution >= 0.6 is 0 Å². The van der Waals surface area contributed by atoms with E-state index in [0.717, 1.165) is 59.0 Å². The first-order valence-electron chi connectivity index (χ1n) is 8.84. The highest BCUT2D eigenvalue weighted by atomic mass is 16.3. The van der Waals surface area contributed by atoms with Crippen LogP contribution in [0, 0.1) is 0 Å². The number of nitrogens with one attached hydrogen (secondary N) is 2. The van der Waals surface area contributed by atoms with E-state index in [2.05, 4.69) is 39.3 Å². The minimum absolute atomic E-state index is 0.477. The number of para-hydroxylation sites is 1. The maximum absolute atomic E-state index is 5.94. The van der Waals surface area contributed by atoms with Gasteiger partial charge >= 0.3 is 0 Å². The highest BCUT2D eigenvalue weighted by Gasteiger charge is 2.23. The number of furan rings is 1. The highest BCUT2D eigenvalue weighted by Crippen LogP contribution is 2.33. The Hall–Kier alpha value is -2.66. The Bertz CT molecular complexity index is 969. The van der Waals surface area contributed by atoms with E-state index < -0.39 is 0 Å². The summed E-state index contributed by atoms with van der Waals surface area (Å²) in [5.74, 6) is 2.33. The molecule has 5 rings (SSSR count). The Morgan fingerprint density at radius 1 is 1.16 bits per heavy atom. The summed E-state index contributed by atoms with van der Waals surface area (Å²) in [4.78, 5) is 12.8. The first-order chi connectivity index (χ1) is 12.3. The van der Waals surface area contributed by atoms with E-state index in [0.29, 0.717) is 12.0 Å². The van der Waals surface area contributed by atoms with E-state index >= 15 is 0 Å². The van der Waals surface area contributed by atoms with Crippen LogP contribution in [0.3, 0.4) is 0 Å². The Kier molecular flexibility index (Phi) is 3.35. The fourth-order valence-electron chi connectivity index (χ4n) is 3.75. The molecule has 1 aromatic heterocycles. The van der Waals surface area contributed by atoms with Gasteiger partial charge in [-0.3, -0.25) is 0 Å². The lowest BCUT2D eigenvalue weighted by atomic mass is 9.92. The molecule has 4 heterocycles. The summed E-state index contributed by atoms with van der Waals surface area (Å²) in [5.41, 5.74) is 3.63. The van der Waals surface area contributed by atoms with Crippen LogP contribution in [0.15, 0.2) is 47.0 Å². The smallest absolute Gasteiger partial charge is 0.153 e. The molecular formula is C20H20N4O. The Morgan fingerprint density at radius 2 is 2.08 bits per heavy atom. The fraction of sp³-hybridized carbons (Fsp3) is 0.300. The van der Waals surface area contributed by atoms with Crippen LogP contribution in [-0.2, 0) is 0 Å². The van der Waals surface area contributed by atoms with Crippen molar-refractivity contribution in [2.75, 3.05) is 6.54 Å². The van der Waals surface area contributed by atoms with Crippen LogP contribution in [0.25, 0.3) is 33.8 Å². The van der Waals surface area contributed by atoms with Crippen LogP contribution in [0.4, 0.5) is 0 Å². The summed E-state index contributed by atoms with van der Waals surface area (Å²) in [6, 6.07) is 12.7. The van der Waals surface area contributed by atoms with E-state index in [1.54, 1.807) is 0 Å². The van der Waals surface area contributed by atoms with E-state index in [9.17, 15) is 0 Å². The molecule has 1 fully saturated rings. The van der Waals surface area contributed by atoms with Gasteiger partial charge in [-0.25, -0.2) is 9.97 Å². The van der Waals surface area contributed by atoms with Crippen LogP contribution < -0.4 is 5.32 Å². The van der Waals surface area contributed by atoms with Gasteiger partial charge in [0.2, 0.25) is 0 Å². The van der Waals surface area contributed by atoms with Crippen LogP contribution in [0.1, 0.15) is 31.5 Å². The molecule has 2 unspecified atom stereocenters. The average Bonchev–Trinajstić information content (AvgIpc) is 3.24. The molecule has 0 aliphatic carbocycles. The fourth-order valence-corrected chi connectivity index (χ4v) is 3.75. The lowest BCUT2D eigenvalue weighted by Crippen LogP contribution is -2.35. The summed E-state index contributed by atoms with van der Waals surface area (Å²) in [7, 11) is 0. The number of benzene rings is 1. The first-order valence-corrected chi connectivity index (χ1v) is 8.84. The van der Waals surface area contributed by atoms with Gasteiger partial charge in [0.05, 0.1) is 11.9 Å². The van der Waals surface area contributed by atoms with Crippen molar-refractivity contribution in [1.29, 1.82) is 0 Å². The molecule has 0 radical (unpaired) electrons. The monoisotopic (exact) mass is 332 g/mol. The number of hydrogen-bond donors (Lipinski definition) is 2. The van der Waals surface area contributed by atoms with Gasteiger partial charge in [-0.1, -0.05) is 18.2 Å². The van der Waals surface area contributed by atoms with Crippen molar-refractivity contribution in [2.45, 2.75) is 31.7 Å². The second-order valence-electron chi connectivity index (χ2n) is 6.93. The van der Waals surface area contributed by atoms with Crippen molar-refractivity contribution in [1.82, 2.24) is 20.3 Å². The number of nitrogens with zero attached hydrogens (tertiary/aromatic N) is 2. The quantitative estimate of drug-likeness (QED) is 0.578. The van der Waals surface area contributed by atoms with Crippen LogP contribution in [0.5, 0.6) is 0 Å². The average molecular weight is 332 g/mol. The van der Waals surface area contributed by atoms with E-state index in [-0.39, 0.29) is 0 Å². The molecule has 2 atom stereocenters. The predicted molar refractivity (Wildman–Crippen MR) is 97.7 cm³/mol. The third-order valence-electron chi connectivity index (χ3n) is 5.07. The van der Waals surface area contributed by atoms with Gasteiger partial charge in [0.1, 0.15) is 22.8 Å². The third-order valence-corrected chi connectivity index (χ3v) is 5.07. The van der Waals surface area contributed by atoms with E-state index in [1.807, 2.05) is 30.5 Å². The molecule has 0 bridgehead atoms. The molecule has 25 heavy (non-hydrogen) atoms. The topological polar surface area (TPSA) is 66.7 Å². The van der Waals surface area contributed by atoms with Crippen molar-refractivity contribution in [3.63, 3.8) is 0 Å². The Balaban J connectivity index is 1.52. The molecule has 2 aromatic rings. The summed E-state index contributed by atoms with van der Waals surface area (Å²) < 4.78 is 5.94. The molecule has 3 aliphatic heterocycles. The van der Waals surface area contributed by atoms with Crippen LogP contribution in [0.2, 0.25) is 0 Å². The number of aromatic amines is 1. The van der Waals surface area contributed by atoms with Gasteiger partial charge in [0, 0.05) is 17.3 Å². The number of H-pyrrole nitrogens is 1. The zero-order chi connectivity index (χ0) is 16.8. The third kappa shape index (κ3) is 2.61. The summed E-state index contributed by atoms with van der Waals surface area (Å²) in [6.45, 7) is 3.28. The van der Waals surface area contributed by atoms with Crippen molar-refractivity contribution in [3.05, 3.63) is 48.4 Å². The molecule has 1 aromatic carbocycles. The molecule has 126 valence electrons. The van der Waals surface area contributed by atoms with Crippen molar-refractivity contribution in [3.8, 4) is 22.8 Å². The second-order valence-corrected chi connectivity index (χ2v) is 6.93. The predicted octanol–water partition coefficient (Wildman–Crippen LogP) is 4.18. The maximum Gasteiger partial charge on any atom is 0.153 e. The molecular weight excluding hydrogens is 312 g/mol. The van der Waals surface area contributed by atoms with Gasteiger partial charge in [0.15, 0.2) is 5.76 Å². The first kappa shape index (κ1) is 14.7. The molecule has 1 saturated heterocycles. The largest absolute Gasteiger partial charge is 0.454 e. The molecule has 0 spiro atoms. The number of aromatic nitrogens is 3. The van der Waals surface area contributed by atoms with E-state index in [1.165, 1.54) is 0 Å². The lowest BCUT2D eigenvalue weighted by molar-refractivity contribution is 0.371. The van der Waals surface area contributed by atoms with Crippen molar-refractivity contribution in [2.24, 2.45) is 0 Å². The highest BCUT2D eigenvalue weighted by molar-refractivity contribution is 5.83. The van der Waals surface area contributed by atoms with Gasteiger partial charge in [-0.05, 0) is 44.5 Å². The number of piperidine rings is 1. The summed E-state index contributed by atoms with van der Waals surface area (Å²) in [6.07, 6.45) is 4.10. The van der Waals surface area contributed by atoms with Crippen molar-refractivity contribution < 1.29 is 4.42 Å². The lowest BCUT2D eigenvalue weighted by Gasteiger charge is -2.27. The summed E-state index contributed by atoms with van der Waals surface area (Å²) in [5, 5.41) is 4.58. The molecule has 5 nitrogen and oxygen atoms in total. The van der Waals surface area contributed by atoms with Gasteiger partial charge in [0.25, 0.3) is 0 Å². The Morgan fingerprint density at radius 3 is 2.96 bits per heavy atom. The zero-order valence-corrected chi connectivity index (χ0v) is 14.1. The summed E-state index contributed by atoms with van der Waals surface area (Å²) >= 11 is 0. The number of hydrogen-bond acceptors (Lipinski definition) is 4. The standard InChI is InChI=1S/C20H20N4O/c1-12-8-14(6-7-21-12)20-22-11-17-15(24-20)10-16(23-17)19-9-13-4-2-3-5-18(13)25-19/h2-5,9-12,14,21H,6-8H2,1H3,(H,22,24). The maximum atomic E-state index is 5.94. The van der Waals surface area contributed by atoms with Crippen LogP contribution in [-0.4, -0.2) is 27.5 Å². The minimum Gasteiger partial charge on any atom is -0.454 e. The van der Waals surface area contributed by atoms with Crippen molar-refractivity contribution >= 4 is 11.0 Å². The molecule has 5 heteroatoms.